The molecular formula is C11H18ClN3OS. The molecule has 6 heteroatoms. The summed E-state index contributed by atoms with van der Waals surface area (Å²) in [5.74, 6) is 3.52. The minimum absolute atomic E-state index is 0.266. The van der Waals surface area contributed by atoms with Gasteiger partial charge < -0.3 is 10.4 Å². The van der Waals surface area contributed by atoms with Gasteiger partial charge in [-0.15, -0.1) is 0 Å². The summed E-state index contributed by atoms with van der Waals surface area (Å²) in [6.45, 7) is 3.11. The number of anilines is 1. The van der Waals surface area contributed by atoms with Crippen molar-refractivity contribution in [3.8, 4) is 0 Å². The van der Waals surface area contributed by atoms with Crippen molar-refractivity contribution in [3.05, 3.63) is 17.0 Å². The molecule has 0 spiro atoms. The van der Waals surface area contributed by atoms with Gasteiger partial charge >= 0.3 is 0 Å². The predicted octanol–water partition coefficient (Wildman–Crippen LogP) is 2.22. The molecule has 0 saturated heterocycles. The van der Waals surface area contributed by atoms with Crippen LogP contribution in [0.2, 0.25) is 5.15 Å². The third-order valence-electron chi connectivity index (χ3n) is 2.06. The number of nitrogens with one attached hydrogen (secondary N) is 1. The molecule has 0 unspecified atom stereocenters. The van der Waals surface area contributed by atoms with Crippen LogP contribution in [0.1, 0.15) is 19.2 Å². The van der Waals surface area contributed by atoms with Crippen LogP contribution in [0.25, 0.3) is 0 Å². The van der Waals surface area contributed by atoms with Crippen molar-refractivity contribution >= 4 is 29.2 Å². The van der Waals surface area contributed by atoms with Crippen molar-refractivity contribution in [2.75, 3.05) is 30.0 Å². The highest BCUT2D eigenvalue weighted by atomic mass is 35.5. The number of hydrogen-bond donors (Lipinski definition) is 2. The zero-order valence-corrected chi connectivity index (χ0v) is 11.5. The average molecular weight is 276 g/mol. The zero-order chi connectivity index (χ0) is 12.5. The summed E-state index contributed by atoms with van der Waals surface area (Å²) in [5, 5.41) is 12.3. The van der Waals surface area contributed by atoms with Crippen LogP contribution in [0.5, 0.6) is 0 Å². The first-order valence-corrected chi connectivity index (χ1v) is 7.25. The van der Waals surface area contributed by atoms with E-state index < -0.39 is 0 Å². The van der Waals surface area contributed by atoms with Gasteiger partial charge in [0, 0.05) is 31.4 Å². The molecule has 0 aliphatic rings. The monoisotopic (exact) mass is 275 g/mol. The van der Waals surface area contributed by atoms with Crippen molar-refractivity contribution in [3.63, 3.8) is 0 Å². The molecule has 4 nitrogen and oxygen atoms in total. The van der Waals surface area contributed by atoms with Crippen LogP contribution in [0.3, 0.4) is 0 Å². The fourth-order valence-electron chi connectivity index (χ4n) is 1.23. The van der Waals surface area contributed by atoms with Gasteiger partial charge in [0.25, 0.3) is 0 Å². The Labute approximate surface area is 111 Å². The van der Waals surface area contributed by atoms with Gasteiger partial charge in [-0.25, -0.2) is 9.97 Å². The smallest absolute Gasteiger partial charge is 0.134 e. The number of thioether (sulfide) groups is 1. The number of nitrogens with zero attached hydrogens (tertiary/aromatic N) is 2. The van der Waals surface area contributed by atoms with Crippen molar-refractivity contribution in [2.45, 2.75) is 19.8 Å². The van der Waals surface area contributed by atoms with Crippen molar-refractivity contribution in [1.82, 2.24) is 9.97 Å². The van der Waals surface area contributed by atoms with Gasteiger partial charge in [-0.05, 0) is 12.2 Å². The van der Waals surface area contributed by atoms with Crippen LogP contribution < -0.4 is 5.32 Å². The van der Waals surface area contributed by atoms with E-state index in [0.29, 0.717) is 5.15 Å². The molecule has 0 bridgehead atoms. The Morgan fingerprint density at radius 1 is 1.41 bits per heavy atom. The molecule has 1 aromatic heterocycles. The van der Waals surface area contributed by atoms with E-state index in [1.165, 1.54) is 0 Å². The number of halogens is 1. The lowest BCUT2D eigenvalue weighted by Crippen LogP contribution is -2.08. The minimum Gasteiger partial charge on any atom is -0.396 e. The predicted molar refractivity (Wildman–Crippen MR) is 73.9 cm³/mol. The van der Waals surface area contributed by atoms with Crippen LogP contribution >= 0.6 is 23.4 Å². The first-order valence-electron chi connectivity index (χ1n) is 5.72. The van der Waals surface area contributed by atoms with Crippen LogP contribution in [-0.4, -0.2) is 39.7 Å². The second-order valence-electron chi connectivity index (χ2n) is 3.46. The maximum atomic E-state index is 8.63. The normalized spacial score (nSPS) is 10.5. The number of hydrogen-bond acceptors (Lipinski definition) is 5. The molecule has 0 amide bonds. The van der Waals surface area contributed by atoms with Crippen LogP contribution in [0.15, 0.2) is 6.07 Å². The van der Waals surface area contributed by atoms with Gasteiger partial charge in [0.15, 0.2) is 0 Å². The molecule has 96 valence electrons. The molecule has 0 radical (unpaired) electrons. The summed E-state index contributed by atoms with van der Waals surface area (Å²) in [5.41, 5.74) is 0. The van der Waals surface area contributed by atoms with E-state index in [1.54, 1.807) is 6.07 Å². The highest BCUT2D eigenvalue weighted by Crippen LogP contribution is 2.12. The lowest BCUT2D eigenvalue weighted by atomic mass is 10.4. The first kappa shape index (κ1) is 14.5. The SMILES string of the molecule is CCc1nc(Cl)cc(NCCSCCCO)n1. The Hall–Kier alpha value is -0.520. The Kier molecular flexibility index (Phi) is 7.32. The van der Waals surface area contributed by atoms with E-state index >= 15 is 0 Å². The Bertz CT molecular complexity index is 338. The van der Waals surface area contributed by atoms with Gasteiger partial charge in [0.1, 0.15) is 16.8 Å². The van der Waals surface area contributed by atoms with Gasteiger partial charge in [0.2, 0.25) is 0 Å². The molecule has 17 heavy (non-hydrogen) atoms. The maximum Gasteiger partial charge on any atom is 0.134 e. The third-order valence-corrected chi connectivity index (χ3v) is 3.32. The minimum atomic E-state index is 0.266. The molecule has 1 heterocycles. The Balaban J connectivity index is 2.28. The van der Waals surface area contributed by atoms with Gasteiger partial charge in [-0.2, -0.15) is 11.8 Å². The summed E-state index contributed by atoms with van der Waals surface area (Å²) < 4.78 is 0. The lowest BCUT2D eigenvalue weighted by Gasteiger charge is -2.06. The zero-order valence-electron chi connectivity index (χ0n) is 9.95. The highest BCUT2D eigenvalue weighted by Gasteiger charge is 2.01. The number of aliphatic hydroxyl groups excluding tert-OH is 1. The molecule has 2 N–H and O–H groups in total. The number of rotatable bonds is 8. The van der Waals surface area contributed by atoms with Crippen molar-refractivity contribution < 1.29 is 5.11 Å². The second-order valence-corrected chi connectivity index (χ2v) is 5.07. The number of aliphatic hydroxyl groups is 1. The maximum absolute atomic E-state index is 8.63. The van der Waals surface area contributed by atoms with Gasteiger partial charge in [0.05, 0.1) is 0 Å². The third kappa shape index (κ3) is 6.10. The van der Waals surface area contributed by atoms with Crippen LogP contribution in [-0.2, 0) is 6.42 Å². The fraction of sp³-hybridized carbons (Fsp3) is 0.636. The molecule has 0 aliphatic carbocycles. The number of aryl methyl sites for hydroxylation is 1. The van der Waals surface area contributed by atoms with E-state index in [0.717, 1.165) is 42.5 Å². The van der Waals surface area contributed by atoms with Gasteiger partial charge in [-0.1, -0.05) is 18.5 Å². The highest BCUT2D eigenvalue weighted by molar-refractivity contribution is 7.99. The summed E-state index contributed by atoms with van der Waals surface area (Å²) in [4.78, 5) is 8.43. The van der Waals surface area contributed by atoms with E-state index in [4.69, 9.17) is 16.7 Å². The van der Waals surface area contributed by atoms with E-state index in [2.05, 4.69) is 15.3 Å². The Morgan fingerprint density at radius 3 is 2.94 bits per heavy atom. The summed E-state index contributed by atoms with van der Waals surface area (Å²) >= 11 is 7.70. The Morgan fingerprint density at radius 2 is 2.24 bits per heavy atom. The molecule has 1 rings (SSSR count). The average Bonchev–Trinajstić information content (AvgIpc) is 2.33. The quantitative estimate of drug-likeness (QED) is 0.563. The summed E-state index contributed by atoms with van der Waals surface area (Å²) in [6, 6.07) is 1.74. The molecule has 0 aliphatic heterocycles. The topological polar surface area (TPSA) is 58.0 Å². The molecular weight excluding hydrogens is 258 g/mol. The fourth-order valence-corrected chi connectivity index (χ4v) is 2.22. The van der Waals surface area contributed by atoms with E-state index in [1.807, 2.05) is 18.7 Å². The van der Waals surface area contributed by atoms with Crippen molar-refractivity contribution in [2.24, 2.45) is 0 Å². The van der Waals surface area contributed by atoms with Gasteiger partial charge in [-0.3, -0.25) is 0 Å². The number of aromatic nitrogens is 2. The standard InChI is InChI=1S/C11H18ClN3OS/c1-2-10-14-9(12)8-11(15-10)13-4-7-17-6-3-5-16/h8,16H,2-7H2,1H3,(H,13,14,15). The first-order chi connectivity index (χ1) is 8.26. The molecule has 1 aromatic rings. The van der Waals surface area contributed by atoms with Crippen molar-refractivity contribution in [1.29, 1.82) is 0 Å². The summed E-state index contributed by atoms with van der Waals surface area (Å²) in [6.07, 6.45) is 1.63. The van der Waals surface area contributed by atoms with E-state index in [-0.39, 0.29) is 6.61 Å². The van der Waals surface area contributed by atoms with E-state index in [9.17, 15) is 0 Å². The molecule has 0 atom stereocenters. The summed E-state index contributed by atoms with van der Waals surface area (Å²) in [7, 11) is 0. The van der Waals surface area contributed by atoms with Crippen LogP contribution in [0, 0.1) is 0 Å². The molecule has 0 saturated carbocycles. The lowest BCUT2D eigenvalue weighted by molar-refractivity contribution is 0.296. The van der Waals surface area contributed by atoms with Crippen LogP contribution in [0.4, 0.5) is 5.82 Å². The second kappa shape index (κ2) is 8.55. The molecule has 0 fully saturated rings. The largest absolute Gasteiger partial charge is 0.396 e. The molecule has 0 aromatic carbocycles.